The second-order valence-electron chi connectivity index (χ2n) is 23.0. The van der Waals surface area contributed by atoms with Crippen LogP contribution in [0.1, 0.15) is 120 Å². The van der Waals surface area contributed by atoms with Crippen LogP contribution in [0.5, 0.6) is 0 Å². The SMILES string of the molecule is CC1=C(C(=O)N2CCOCC2)Cn2c(c(C3CCC(C4CN(C(=O)C5=Cc6ccccc6-c6c(C7CCCCC7)c7ccc(C(=O)N(C)C)cc7n6C5)CCO4)CC3)c3ccc(C(=O)NS(=O)(=O)N(C)C)cc32)-c2ccccc21. The van der Waals surface area contributed by atoms with E-state index in [0.717, 1.165) is 109 Å². The minimum atomic E-state index is -4.07. The molecular formula is C63H71N7O8S. The summed E-state index contributed by atoms with van der Waals surface area (Å²) in [5.41, 5.74) is 13.6. The van der Waals surface area contributed by atoms with E-state index < -0.39 is 16.1 Å². The summed E-state index contributed by atoms with van der Waals surface area (Å²) in [6.45, 7) is 6.02. The molecule has 2 aliphatic carbocycles. The molecule has 1 N–H and O–H groups in total. The Hall–Kier alpha value is -6.85. The first-order valence-electron chi connectivity index (χ1n) is 28.3. The number of rotatable bonds is 9. The average Bonchev–Trinajstić information content (AvgIpc) is 4.12. The quantitative estimate of drug-likeness (QED) is 0.150. The minimum Gasteiger partial charge on any atom is -0.378 e. The summed E-state index contributed by atoms with van der Waals surface area (Å²) >= 11 is 0. The molecule has 15 nitrogen and oxygen atoms in total. The topological polar surface area (TPSA) is 156 Å². The van der Waals surface area contributed by atoms with Gasteiger partial charge in [-0.1, -0.05) is 79.9 Å². The summed E-state index contributed by atoms with van der Waals surface area (Å²) in [4.78, 5) is 62.5. The Balaban J connectivity index is 0.846. The molecule has 4 aromatic carbocycles. The van der Waals surface area contributed by atoms with Gasteiger partial charge in [-0.05, 0) is 121 Å². The van der Waals surface area contributed by atoms with Crippen LogP contribution in [-0.2, 0) is 42.4 Å². The van der Waals surface area contributed by atoms with Gasteiger partial charge in [-0.15, -0.1) is 0 Å². The highest BCUT2D eigenvalue weighted by Gasteiger charge is 2.39. The van der Waals surface area contributed by atoms with Crippen LogP contribution in [-0.4, -0.2) is 140 Å². The first kappa shape index (κ1) is 52.8. The number of hydrogen-bond donors (Lipinski definition) is 1. The van der Waals surface area contributed by atoms with E-state index in [1.165, 1.54) is 38.9 Å². The predicted octanol–water partition coefficient (Wildman–Crippen LogP) is 9.46. The molecule has 0 radical (unpaired) electrons. The van der Waals surface area contributed by atoms with Crippen LogP contribution < -0.4 is 4.72 Å². The van der Waals surface area contributed by atoms with Crippen LogP contribution in [0.2, 0.25) is 0 Å². The molecule has 2 saturated carbocycles. The molecule has 0 bridgehead atoms. The van der Waals surface area contributed by atoms with E-state index in [4.69, 9.17) is 9.47 Å². The zero-order valence-corrected chi connectivity index (χ0v) is 46.9. The van der Waals surface area contributed by atoms with Gasteiger partial charge in [0.1, 0.15) is 0 Å². The summed E-state index contributed by atoms with van der Waals surface area (Å²) in [5, 5.41) is 2.13. The second kappa shape index (κ2) is 21.3. The second-order valence-corrected chi connectivity index (χ2v) is 24.9. The Labute approximate surface area is 463 Å². The maximum atomic E-state index is 15.2. The summed E-state index contributed by atoms with van der Waals surface area (Å²) in [7, 11) is 2.24. The standard InChI is InChI=1S/C63H71N7O8S/c1-39-47-16-11-12-18-49(47)59-57(50-25-23-44(60(71)64-79(75,76)66(4)5)34-53(50)70(59)37-52(39)63(74)67-27-30-77-31-28-67)42-21-19-40(20-22-42)55-38-68(29-32-78-55)62(73)46-33-43-15-9-10-17-48(43)58-56(41-13-7-6-8-14-41)51-26-24-45(61(72)65(2)3)35-54(51)69(58)36-46/h9-12,15-18,23-26,33-35,40-42,55H,6-8,13-14,19-22,27-32,36-38H2,1-5H3,(H,64,71). The molecule has 2 saturated heterocycles. The van der Waals surface area contributed by atoms with E-state index in [1.807, 2.05) is 47.1 Å². The maximum absolute atomic E-state index is 15.2. The summed E-state index contributed by atoms with van der Waals surface area (Å²) in [6.07, 6.45) is 11.3. The van der Waals surface area contributed by atoms with Gasteiger partial charge < -0.3 is 33.3 Å². The van der Waals surface area contributed by atoms with Crippen molar-refractivity contribution in [3.05, 3.63) is 129 Å². The molecule has 0 spiro atoms. The number of amides is 4. The predicted molar refractivity (Wildman–Crippen MR) is 308 cm³/mol. The number of carbonyl (C=O) groups excluding carboxylic acids is 4. The first-order chi connectivity index (χ1) is 38.2. The lowest BCUT2D eigenvalue weighted by Crippen LogP contribution is -2.49. The molecule has 2 aromatic heterocycles. The normalized spacial score (nSPS) is 20.9. The van der Waals surface area contributed by atoms with Crippen molar-refractivity contribution in [2.45, 2.75) is 95.7 Å². The van der Waals surface area contributed by atoms with Gasteiger partial charge in [-0.25, -0.2) is 4.72 Å². The molecule has 16 heteroatoms. The number of carbonyl (C=O) groups is 4. The number of allylic oxidation sites excluding steroid dienone is 1. The van der Waals surface area contributed by atoms with E-state index in [-0.39, 0.29) is 47.8 Å². The number of ether oxygens (including phenoxy) is 2. The van der Waals surface area contributed by atoms with Crippen molar-refractivity contribution >= 4 is 67.3 Å². The maximum Gasteiger partial charge on any atom is 0.303 e. The van der Waals surface area contributed by atoms with Crippen LogP contribution in [0.3, 0.4) is 0 Å². The van der Waals surface area contributed by atoms with Gasteiger partial charge in [0.05, 0.1) is 50.4 Å². The smallest absolute Gasteiger partial charge is 0.303 e. The van der Waals surface area contributed by atoms with Crippen LogP contribution >= 0.6 is 0 Å². The molecule has 6 aromatic rings. The molecular weight excluding hydrogens is 1010 g/mol. The molecule has 412 valence electrons. The Morgan fingerprint density at radius 3 is 1.91 bits per heavy atom. The number of hydrogen-bond acceptors (Lipinski definition) is 8. The van der Waals surface area contributed by atoms with Crippen molar-refractivity contribution in [3.8, 4) is 22.5 Å². The Kier molecular flexibility index (Phi) is 14.3. The highest BCUT2D eigenvalue weighted by molar-refractivity contribution is 7.87. The van der Waals surface area contributed by atoms with Gasteiger partial charge in [0.2, 0.25) is 0 Å². The third-order valence-corrected chi connectivity index (χ3v) is 19.4. The number of benzene rings is 4. The van der Waals surface area contributed by atoms with Gasteiger partial charge in [-0.3, -0.25) is 19.2 Å². The van der Waals surface area contributed by atoms with Crippen LogP contribution in [0.4, 0.5) is 0 Å². The molecule has 6 heterocycles. The van der Waals surface area contributed by atoms with Gasteiger partial charge in [0.25, 0.3) is 23.6 Å². The number of fused-ring (bicyclic) bond motifs is 10. The molecule has 4 fully saturated rings. The molecule has 12 rings (SSSR count). The number of nitrogens with zero attached hydrogens (tertiary/aromatic N) is 6. The van der Waals surface area contributed by atoms with Crippen LogP contribution in [0, 0.1) is 5.92 Å². The average molecular weight is 1090 g/mol. The number of morpholine rings is 2. The van der Waals surface area contributed by atoms with Crippen molar-refractivity contribution < 1.29 is 37.1 Å². The number of aromatic nitrogens is 2. The van der Waals surface area contributed by atoms with Gasteiger partial charge >= 0.3 is 10.2 Å². The Morgan fingerprint density at radius 1 is 0.633 bits per heavy atom. The largest absolute Gasteiger partial charge is 0.378 e. The van der Waals surface area contributed by atoms with E-state index in [1.54, 1.807) is 31.1 Å². The molecule has 1 atom stereocenters. The van der Waals surface area contributed by atoms with Gasteiger partial charge in [0, 0.05) is 110 Å². The monoisotopic (exact) mass is 1090 g/mol. The molecule has 6 aliphatic rings. The molecule has 1 unspecified atom stereocenters. The molecule has 4 aliphatic heterocycles. The van der Waals surface area contributed by atoms with Crippen LogP contribution in [0.25, 0.3) is 56.0 Å². The zero-order valence-electron chi connectivity index (χ0n) is 46.1. The van der Waals surface area contributed by atoms with Crippen molar-refractivity contribution in [1.82, 2.24) is 32.9 Å². The fourth-order valence-electron chi connectivity index (χ4n) is 13.8. The van der Waals surface area contributed by atoms with Gasteiger partial charge in [-0.2, -0.15) is 12.7 Å². The van der Waals surface area contributed by atoms with Crippen molar-refractivity contribution in [2.75, 3.05) is 74.2 Å². The minimum absolute atomic E-state index is 0.00982. The highest BCUT2D eigenvalue weighted by Crippen LogP contribution is 2.50. The van der Waals surface area contributed by atoms with Crippen molar-refractivity contribution in [2.24, 2.45) is 5.92 Å². The van der Waals surface area contributed by atoms with E-state index in [2.05, 4.69) is 62.4 Å². The van der Waals surface area contributed by atoms with Crippen molar-refractivity contribution in [1.29, 1.82) is 0 Å². The lowest BCUT2D eigenvalue weighted by molar-refractivity contribution is -0.137. The van der Waals surface area contributed by atoms with Gasteiger partial charge in [0.15, 0.2) is 0 Å². The number of nitrogens with one attached hydrogen (secondary N) is 1. The third kappa shape index (κ3) is 9.61. The highest BCUT2D eigenvalue weighted by atomic mass is 32.2. The van der Waals surface area contributed by atoms with E-state index in [0.29, 0.717) is 75.2 Å². The first-order valence-corrected chi connectivity index (χ1v) is 29.8. The zero-order chi connectivity index (χ0) is 54.9. The van der Waals surface area contributed by atoms with Crippen LogP contribution in [0.15, 0.2) is 96.1 Å². The third-order valence-electron chi connectivity index (χ3n) is 18.0. The fourth-order valence-corrected chi connectivity index (χ4v) is 14.4. The Morgan fingerprint density at radius 2 is 1.23 bits per heavy atom. The molecule has 79 heavy (non-hydrogen) atoms. The molecule has 4 amide bonds. The summed E-state index contributed by atoms with van der Waals surface area (Å²) in [6, 6.07) is 28.3. The Bertz CT molecular complexity index is 3620. The lowest BCUT2D eigenvalue weighted by Gasteiger charge is -2.40. The lowest BCUT2D eigenvalue weighted by atomic mass is 9.75. The fraction of sp³-hybridized carbons (Fsp3) is 0.429. The van der Waals surface area contributed by atoms with Crippen molar-refractivity contribution in [3.63, 3.8) is 0 Å². The van der Waals surface area contributed by atoms with E-state index in [9.17, 15) is 22.8 Å². The summed E-state index contributed by atoms with van der Waals surface area (Å²) in [5.74, 6) is -0.118. The van der Waals surface area contributed by atoms with E-state index >= 15 is 4.79 Å². The summed E-state index contributed by atoms with van der Waals surface area (Å²) < 4.78 is 45.7.